The van der Waals surface area contributed by atoms with Crippen LogP contribution in [0.15, 0.2) is 23.6 Å². The number of nitrogens with one attached hydrogen (secondary N) is 1. The standard InChI is InChI=1S/C16H20N2OS/c1-10(2)14-9-20-16(17-14)18-15(19)8-13-6-5-11(3)12(4)7-13/h5-7,9-10H,8H2,1-4H3,(H,17,18,19). The number of carbonyl (C=O) groups is 1. The number of aryl methyl sites for hydroxylation is 2. The second kappa shape index (κ2) is 6.18. The highest BCUT2D eigenvalue weighted by molar-refractivity contribution is 7.13. The first-order valence-electron chi connectivity index (χ1n) is 6.77. The van der Waals surface area contributed by atoms with E-state index in [1.54, 1.807) is 0 Å². The SMILES string of the molecule is Cc1ccc(CC(=O)Nc2nc(C(C)C)cs2)cc1C. The van der Waals surface area contributed by atoms with Gasteiger partial charge in [0.15, 0.2) is 5.13 Å². The number of carbonyl (C=O) groups excluding carboxylic acids is 1. The van der Waals surface area contributed by atoms with E-state index < -0.39 is 0 Å². The van der Waals surface area contributed by atoms with Crippen LogP contribution >= 0.6 is 11.3 Å². The number of rotatable bonds is 4. The highest BCUT2D eigenvalue weighted by atomic mass is 32.1. The Morgan fingerprint density at radius 2 is 2.05 bits per heavy atom. The fourth-order valence-corrected chi connectivity index (χ4v) is 2.76. The van der Waals surface area contributed by atoms with Gasteiger partial charge in [0.1, 0.15) is 0 Å². The van der Waals surface area contributed by atoms with Crippen LogP contribution in [-0.4, -0.2) is 10.9 Å². The highest BCUT2D eigenvalue weighted by Gasteiger charge is 2.09. The van der Waals surface area contributed by atoms with Crippen molar-refractivity contribution in [2.45, 2.75) is 40.0 Å². The molecule has 2 aromatic rings. The molecule has 1 heterocycles. The van der Waals surface area contributed by atoms with Crippen molar-refractivity contribution in [2.75, 3.05) is 5.32 Å². The Labute approximate surface area is 124 Å². The molecule has 0 saturated heterocycles. The Morgan fingerprint density at radius 1 is 1.30 bits per heavy atom. The van der Waals surface area contributed by atoms with Crippen LogP contribution < -0.4 is 5.32 Å². The minimum absolute atomic E-state index is 0.0158. The third-order valence-electron chi connectivity index (χ3n) is 3.30. The van der Waals surface area contributed by atoms with Crippen molar-refractivity contribution >= 4 is 22.4 Å². The van der Waals surface area contributed by atoms with E-state index in [9.17, 15) is 4.79 Å². The zero-order valence-corrected chi connectivity index (χ0v) is 13.2. The van der Waals surface area contributed by atoms with Gasteiger partial charge in [-0.25, -0.2) is 4.98 Å². The second-order valence-electron chi connectivity index (χ2n) is 5.38. The minimum Gasteiger partial charge on any atom is -0.302 e. The van der Waals surface area contributed by atoms with Gasteiger partial charge in [-0.1, -0.05) is 32.0 Å². The van der Waals surface area contributed by atoms with Crippen molar-refractivity contribution in [3.05, 3.63) is 46.0 Å². The summed E-state index contributed by atoms with van der Waals surface area (Å²) in [6.07, 6.45) is 0.387. The lowest BCUT2D eigenvalue weighted by Crippen LogP contribution is -2.14. The molecule has 20 heavy (non-hydrogen) atoms. The van der Waals surface area contributed by atoms with Gasteiger partial charge < -0.3 is 5.32 Å². The average molecular weight is 288 g/mol. The second-order valence-corrected chi connectivity index (χ2v) is 6.23. The molecule has 0 spiro atoms. The van der Waals surface area contributed by atoms with Crippen LogP contribution in [-0.2, 0) is 11.2 Å². The van der Waals surface area contributed by atoms with Crippen molar-refractivity contribution < 1.29 is 4.79 Å². The molecule has 4 heteroatoms. The number of nitrogens with zero attached hydrogens (tertiary/aromatic N) is 1. The van der Waals surface area contributed by atoms with Crippen LogP contribution in [0.3, 0.4) is 0 Å². The molecule has 106 valence electrons. The van der Waals surface area contributed by atoms with Crippen molar-refractivity contribution in [2.24, 2.45) is 0 Å². The number of hydrogen-bond donors (Lipinski definition) is 1. The van der Waals surface area contributed by atoms with E-state index in [0.29, 0.717) is 17.5 Å². The first kappa shape index (κ1) is 14.7. The maximum Gasteiger partial charge on any atom is 0.230 e. The molecule has 0 unspecified atom stereocenters. The van der Waals surface area contributed by atoms with Crippen LogP contribution in [0, 0.1) is 13.8 Å². The van der Waals surface area contributed by atoms with E-state index >= 15 is 0 Å². The predicted molar refractivity (Wildman–Crippen MR) is 84.5 cm³/mol. The largest absolute Gasteiger partial charge is 0.302 e. The number of hydrogen-bond acceptors (Lipinski definition) is 3. The lowest BCUT2D eigenvalue weighted by molar-refractivity contribution is -0.115. The maximum absolute atomic E-state index is 12.0. The van der Waals surface area contributed by atoms with Gasteiger partial charge in [-0.15, -0.1) is 11.3 Å². The summed E-state index contributed by atoms with van der Waals surface area (Å²) in [5.41, 5.74) is 4.52. The molecule has 1 aromatic heterocycles. The van der Waals surface area contributed by atoms with Crippen molar-refractivity contribution in [3.63, 3.8) is 0 Å². The Kier molecular flexibility index (Phi) is 4.55. The first-order valence-corrected chi connectivity index (χ1v) is 7.65. The van der Waals surface area contributed by atoms with Gasteiger partial charge in [0.25, 0.3) is 0 Å². The number of aromatic nitrogens is 1. The molecule has 0 fully saturated rings. The monoisotopic (exact) mass is 288 g/mol. The van der Waals surface area contributed by atoms with Gasteiger partial charge in [0.05, 0.1) is 12.1 Å². The summed E-state index contributed by atoms with van der Waals surface area (Å²) in [5, 5.41) is 5.55. The maximum atomic E-state index is 12.0. The normalized spacial score (nSPS) is 10.8. The fourth-order valence-electron chi connectivity index (χ4n) is 1.87. The minimum atomic E-state index is -0.0158. The fraction of sp³-hybridized carbons (Fsp3) is 0.375. The number of benzene rings is 1. The number of thiazole rings is 1. The molecule has 1 aromatic carbocycles. The Balaban J connectivity index is 1.99. The molecule has 3 nitrogen and oxygen atoms in total. The third-order valence-corrected chi connectivity index (χ3v) is 4.07. The topological polar surface area (TPSA) is 42.0 Å². The van der Waals surface area contributed by atoms with Crippen LogP contribution in [0.5, 0.6) is 0 Å². The van der Waals surface area contributed by atoms with E-state index in [4.69, 9.17) is 0 Å². The van der Waals surface area contributed by atoms with Crippen molar-refractivity contribution in [1.82, 2.24) is 4.98 Å². The summed E-state index contributed by atoms with van der Waals surface area (Å²) in [5.74, 6) is 0.370. The zero-order chi connectivity index (χ0) is 14.7. The van der Waals surface area contributed by atoms with Gasteiger partial charge in [-0.05, 0) is 36.5 Å². The molecule has 0 atom stereocenters. The predicted octanol–water partition coefficient (Wildman–Crippen LogP) is 4.06. The van der Waals surface area contributed by atoms with E-state index in [0.717, 1.165) is 11.3 Å². The van der Waals surface area contributed by atoms with Crippen LogP contribution in [0.25, 0.3) is 0 Å². The molecule has 0 aliphatic carbocycles. The molecule has 0 radical (unpaired) electrons. The number of anilines is 1. The average Bonchev–Trinajstić information content (AvgIpc) is 2.82. The Morgan fingerprint density at radius 3 is 2.65 bits per heavy atom. The molecular weight excluding hydrogens is 268 g/mol. The van der Waals surface area contributed by atoms with Crippen LogP contribution in [0.1, 0.15) is 42.1 Å². The van der Waals surface area contributed by atoms with E-state index in [1.165, 1.54) is 22.5 Å². The molecule has 2 rings (SSSR count). The van der Waals surface area contributed by atoms with Gasteiger partial charge in [-0.2, -0.15) is 0 Å². The summed E-state index contributed by atoms with van der Waals surface area (Å²) < 4.78 is 0. The summed E-state index contributed by atoms with van der Waals surface area (Å²) in [4.78, 5) is 16.4. The van der Waals surface area contributed by atoms with Crippen molar-refractivity contribution in [1.29, 1.82) is 0 Å². The molecule has 1 N–H and O–H groups in total. The van der Waals surface area contributed by atoms with E-state index in [2.05, 4.69) is 50.1 Å². The van der Waals surface area contributed by atoms with Crippen LogP contribution in [0.2, 0.25) is 0 Å². The molecule has 0 saturated carbocycles. The summed E-state index contributed by atoms with van der Waals surface area (Å²) in [6, 6.07) is 6.12. The van der Waals surface area contributed by atoms with Gasteiger partial charge in [0.2, 0.25) is 5.91 Å². The van der Waals surface area contributed by atoms with Gasteiger partial charge in [0, 0.05) is 5.38 Å². The summed E-state index contributed by atoms with van der Waals surface area (Å²) in [6.45, 7) is 8.32. The zero-order valence-electron chi connectivity index (χ0n) is 12.4. The van der Waals surface area contributed by atoms with Crippen LogP contribution in [0.4, 0.5) is 5.13 Å². The Hall–Kier alpha value is -1.68. The lowest BCUT2D eigenvalue weighted by atomic mass is 10.0. The van der Waals surface area contributed by atoms with Crippen molar-refractivity contribution in [3.8, 4) is 0 Å². The van der Waals surface area contributed by atoms with E-state index in [-0.39, 0.29) is 5.91 Å². The highest BCUT2D eigenvalue weighted by Crippen LogP contribution is 2.21. The summed E-state index contributed by atoms with van der Waals surface area (Å²) >= 11 is 1.48. The lowest BCUT2D eigenvalue weighted by Gasteiger charge is -2.05. The molecule has 0 aliphatic rings. The van der Waals surface area contributed by atoms with Gasteiger partial charge in [-0.3, -0.25) is 4.79 Å². The molecule has 0 aliphatic heterocycles. The molecule has 1 amide bonds. The summed E-state index contributed by atoms with van der Waals surface area (Å²) in [7, 11) is 0. The van der Waals surface area contributed by atoms with Gasteiger partial charge >= 0.3 is 0 Å². The third kappa shape index (κ3) is 3.67. The first-order chi connectivity index (χ1) is 9.45. The quantitative estimate of drug-likeness (QED) is 0.921. The smallest absolute Gasteiger partial charge is 0.230 e. The van der Waals surface area contributed by atoms with E-state index in [1.807, 2.05) is 11.4 Å². The molecule has 0 bridgehead atoms. The Bertz CT molecular complexity index is 617. The molecular formula is C16H20N2OS. The number of amides is 1.